The van der Waals surface area contributed by atoms with Gasteiger partial charge in [-0.05, 0) is 37.5 Å². The SMILES string of the molecule is CCC(=O)/C=C(\[O-])CC.CCC(=O)/C=C(\[O-])CC.CCC(=O)/C=C(\[O-])CC.[Co+3]. The molecule has 28 heavy (non-hydrogen) atoms. The van der Waals surface area contributed by atoms with E-state index in [1.165, 1.54) is 18.2 Å². The van der Waals surface area contributed by atoms with Crippen LogP contribution in [0.1, 0.15) is 80.1 Å². The first-order valence-electron chi connectivity index (χ1n) is 9.32. The van der Waals surface area contributed by atoms with Crippen LogP contribution in [0, 0.1) is 0 Å². The van der Waals surface area contributed by atoms with E-state index in [-0.39, 0.29) is 51.4 Å². The topological polar surface area (TPSA) is 120 Å². The van der Waals surface area contributed by atoms with Crippen LogP contribution in [-0.4, -0.2) is 17.3 Å². The molecule has 0 aliphatic carbocycles. The van der Waals surface area contributed by atoms with Gasteiger partial charge in [-0.2, -0.15) is 0 Å². The maximum atomic E-state index is 10.5. The summed E-state index contributed by atoms with van der Waals surface area (Å²) in [5.41, 5.74) is 0. The molecule has 0 radical (unpaired) electrons. The molecule has 0 bridgehead atoms. The molecule has 0 spiro atoms. The third-order valence-corrected chi connectivity index (χ3v) is 3.06. The number of hydrogen-bond acceptors (Lipinski definition) is 6. The van der Waals surface area contributed by atoms with Crippen molar-refractivity contribution in [2.24, 2.45) is 0 Å². The van der Waals surface area contributed by atoms with Gasteiger partial charge in [0.05, 0.1) is 0 Å². The van der Waals surface area contributed by atoms with Gasteiger partial charge in [-0.15, -0.1) is 17.3 Å². The predicted molar refractivity (Wildman–Crippen MR) is 101 cm³/mol. The Morgan fingerprint density at radius 2 is 0.679 bits per heavy atom. The van der Waals surface area contributed by atoms with Crippen molar-refractivity contribution in [1.29, 1.82) is 0 Å². The van der Waals surface area contributed by atoms with E-state index in [0.717, 1.165) is 0 Å². The van der Waals surface area contributed by atoms with Crippen molar-refractivity contribution < 1.29 is 46.5 Å². The Morgan fingerprint density at radius 1 is 0.500 bits per heavy atom. The molecule has 0 amide bonds. The van der Waals surface area contributed by atoms with Gasteiger partial charge in [0, 0.05) is 19.3 Å². The standard InChI is InChI=1S/3C7H12O2.Co/c3*1-3-6(8)5-7(9)4-2;/h3*5,8H,3-4H2,1-2H3;/q;;;+3/p-3/b3*6-5-;. The Balaban J connectivity index is -0.000000152. The first-order valence-corrected chi connectivity index (χ1v) is 9.32. The second-order valence-corrected chi connectivity index (χ2v) is 5.35. The van der Waals surface area contributed by atoms with Crippen molar-refractivity contribution >= 4 is 17.3 Å². The van der Waals surface area contributed by atoms with Crippen LogP contribution in [0.2, 0.25) is 0 Å². The Kier molecular flexibility index (Phi) is 27.9. The minimum absolute atomic E-state index is 0. The van der Waals surface area contributed by atoms with Crippen LogP contribution in [0.4, 0.5) is 0 Å². The summed E-state index contributed by atoms with van der Waals surface area (Å²) in [6.07, 6.45) is 6.03. The van der Waals surface area contributed by atoms with Crippen LogP contribution in [0.5, 0.6) is 0 Å². The summed E-state index contributed by atoms with van der Waals surface area (Å²) in [4.78, 5) is 31.5. The quantitative estimate of drug-likeness (QED) is 0.399. The van der Waals surface area contributed by atoms with E-state index >= 15 is 0 Å². The maximum Gasteiger partial charge on any atom is 3.00 e. The van der Waals surface area contributed by atoms with Gasteiger partial charge >= 0.3 is 16.8 Å². The monoisotopic (exact) mass is 440 g/mol. The second kappa shape index (κ2) is 23.2. The van der Waals surface area contributed by atoms with Gasteiger partial charge in [0.25, 0.3) is 0 Å². The van der Waals surface area contributed by atoms with E-state index in [2.05, 4.69) is 0 Å². The van der Waals surface area contributed by atoms with Crippen molar-refractivity contribution in [1.82, 2.24) is 0 Å². The first kappa shape index (κ1) is 33.7. The van der Waals surface area contributed by atoms with Gasteiger partial charge in [0.1, 0.15) is 0 Å². The summed E-state index contributed by atoms with van der Waals surface area (Å²) < 4.78 is 0. The first-order chi connectivity index (χ1) is 12.6. The minimum atomic E-state index is -0.0816. The fraction of sp³-hybridized carbons (Fsp3) is 0.571. The molecule has 7 heteroatoms. The Morgan fingerprint density at radius 3 is 0.786 bits per heavy atom. The van der Waals surface area contributed by atoms with E-state index in [9.17, 15) is 29.7 Å². The van der Waals surface area contributed by atoms with E-state index in [1.807, 2.05) is 0 Å². The molecular formula is C21H33CoO6. The molecule has 0 atom stereocenters. The van der Waals surface area contributed by atoms with E-state index in [4.69, 9.17) is 0 Å². The Bertz CT molecular complexity index is 457. The Labute approximate surface area is 179 Å². The summed E-state index contributed by atoms with van der Waals surface area (Å²) in [6, 6.07) is 0. The molecule has 0 saturated heterocycles. The third kappa shape index (κ3) is 26.4. The second-order valence-electron chi connectivity index (χ2n) is 5.35. The van der Waals surface area contributed by atoms with Crippen LogP contribution < -0.4 is 15.3 Å². The number of carbonyl (C=O) groups excluding carboxylic acids is 3. The third-order valence-electron chi connectivity index (χ3n) is 3.06. The van der Waals surface area contributed by atoms with E-state index in [1.54, 1.807) is 41.5 Å². The number of carbonyl (C=O) groups is 3. The molecule has 0 aromatic rings. The van der Waals surface area contributed by atoms with Gasteiger partial charge in [0.2, 0.25) is 0 Å². The van der Waals surface area contributed by atoms with Crippen molar-refractivity contribution in [3.8, 4) is 0 Å². The van der Waals surface area contributed by atoms with Crippen LogP contribution in [0.25, 0.3) is 0 Å². The molecular weight excluding hydrogens is 407 g/mol. The summed E-state index contributed by atoms with van der Waals surface area (Å²) in [5, 5.41) is 31.5. The van der Waals surface area contributed by atoms with Crippen LogP contribution >= 0.6 is 0 Å². The molecule has 6 nitrogen and oxygen atoms in total. The number of allylic oxidation sites excluding steroid dienone is 6. The smallest absolute Gasteiger partial charge is 0.875 e. The molecule has 0 unspecified atom stereocenters. The van der Waals surface area contributed by atoms with Crippen LogP contribution in [0.3, 0.4) is 0 Å². The van der Waals surface area contributed by atoms with Gasteiger partial charge in [0.15, 0.2) is 17.3 Å². The molecule has 0 aliphatic rings. The van der Waals surface area contributed by atoms with Crippen LogP contribution in [-0.2, 0) is 31.2 Å². The number of ketones is 3. The summed E-state index contributed by atoms with van der Waals surface area (Å²) in [7, 11) is 0. The van der Waals surface area contributed by atoms with Crippen molar-refractivity contribution in [3.63, 3.8) is 0 Å². The summed E-state index contributed by atoms with van der Waals surface area (Å²) >= 11 is 0. The summed E-state index contributed by atoms with van der Waals surface area (Å²) in [6.45, 7) is 10.4. The van der Waals surface area contributed by atoms with Crippen LogP contribution in [0.15, 0.2) is 35.5 Å². The molecule has 0 rings (SSSR count). The Hall–Kier alpha value is -1.86. The molecule has 0 saturated carbocycles. The molecule has 0 aromatic heterocycles. The molecule has 0 fully saturated rings. The average Bonchev–Trinajstić information content (AvgIpc) is 2.67. The zero-order valence-electron chi connectivity index (χ0n) is 17.8. The summed E-state index contributed by atoms with van der Waals surface area (Å²) in [5.74, 6) is -0.490. The van der Waals surface area contributed by atoms with Gasteiger partial charge in [-0.25, -0.2) is 0 Å². The molecule has 0 N–H and O–H groups in total. The molecule has 162 valence electrons. The average molecular weight is 440 g/mol. The zero-order chi connectivity index (χ0) is 21.8. The molecule has 0 aromatic carbocycles. The van der Waals surface area contributed by atoms with Crippen molar-refractivity contribution in [2.45, 2.75) is 80.1 Å². The normalized spacial score (nSPS) is 11.1. The fourth-order valence-corrected chi connectivity index (χ4v) is 1.15. The number of rotatable bonds is 9. The largest absolute Gasteiger partial charge is 3.00 e. The van der Waals surface area contributed by atoms with Gasteiger partial charge in [-0.1, -0.05) is 41.5 Å². The maximum absolute atomic E-state index is 10.5. The molecule has 0 heterocycles. The van der Waals surface area contributed by atoms with Gasteiger partial charge < -0.3 is 15.3 Å². The predicted octanol–water partition coefficient (Wildman–Crippen LogP) is 1.86. The van der Waals surface area contributed by atoms with Crippen molar-refractivity contribution in [3.05, 3.63) is 35.5 Å². The van der Waals surface area contributed by atoms with Gasteiger partial charge in [-0.3, -0.25) is 14.4 Å². The zero-order valence-corrected chi connectivity index (χ0v) is 18.8. The van der Waals surface area contributed by atoms with Crippen molar-refractivity contribution in [2.75, 3.05) is 0 Å². The van der Waals surface area contributed by atoms with E-state index < -0.39 is 0 Å². The minimum Gasteiger partial charge on any atom is -0.875 e. The molecule has 0 aliphatic heterocycles. The fourth-order valence-electron chi connectivity index (χ4n) is 1.15. The number of hydrogen-bond donors (Lipinski definition) is 0. The van der Waals surface area contributed by atoms with E-state index in [0.29, 0.717) is 38.5 Å².